The minimum Gasteiger partial charge on any atom is -0.245 e. The van der Waals surface area contributed by atoms with Crippen molar-refractivity contribution in [1.29, 1.82) is 0 Å². The number of sulfonamides is 1. The summed E-state index contributed by atoms with van der Waals surface area (Å²) in [6.07, 6.45) is -4.64. The lowest BCUT2D eigenvalue weighted by atomic mass is 10.1. The number of hydrogen-bond donors (Lipinski definition) is 1. The van der Waals surface area contributed by atoms with Gasteiger partial charge in [0.2, 0.25) is 0 Å². The zero-order chi connectivity index (χ0) is 15.8. The van der Waals surface area contributed by atoms with Crippen molar-refractivity contribution in [1.82, 2.24) is 20.2 Å². The molecule has 0 unspecified atom stereocenters. The number of nitrogens with one attached hydrogen (secondary N) is 1. The molecule has 1 aromatic heterocycles. The van der Waals surface area contributed by atoms with Gasteiger partial charge in [-0.15, -0.1) is 5.10 Å². The van der Waals surface area contributed by atoms with Crippen molar-refractivity contribution in [3.05, 3.63) is 29.3 Å². The molecule has 1 N–H and O–H groups in total. The molecule has 0 aliphatic rings. The average molecular weight is 321 g/mol. The van der Waals surface area contributed by atoms with E-state index in [1.165, 1.54) is 14.0 Å². The van der Waals surface area contributed by atoms with Crippen LogP contribution in [0.1, 0.15) is 11.1 Å². The minimum atomic E-state index is -4.64. The third-order valence-electron chi connectivity index (χ3n) is 2.56. The fraction of sp³-hybridized carbons (Fsp3) is 0.300. The number of aryl methyl sites for hydroxylation is 2. The number of aromatic nitrogens is 4. The molecule has 0 aliphatic carbocycles. The smallest absolute Gasteiger partial charge is 0.245 e. The highest BCUT2D eigenvalue weighted by Gasteiger charge is 2.33. The van der Waals surface area contributed by atoms with Crippen LogP contribution in [0.15, 0.2) is 23.1 Å². The van der Waals surface area contributed by atoms with E-state index in [1.54, 1.807) is 0 Å². The van der Waals surface area contributed by atoms with Crippen LogP contribution in [0.25, 0.3) is 0 Å². The Morgan fingerprint density at radius 1 is 1.29 bits per heavy atom. The van der Waals surface area contributed by atoms with Gasteiger partial charge in [0.15, 0.2) is 0 Å². The van der Waals surface area contributed by atoms with E-state index in [9.17, 15) is 21.6 Å². The first-order chi connectivity index (χ1) is 9.59. The number of nitrogens with zero attached hydrogens (tertiary/aromatic N) is 4. The Hall–Kier alpha value is -2.17. The fourth-order valence-corrected chi connectivity index (χ4v) is 2.54. The topological polar surface area (TPSA) is 89.8 Å². The molecule has 0 amide bonds. The quantitative estimate of drug-likeness (QED) is 0.921. The molecule has 0 spiro atoms. The van der Waals surface area contributed by atoms with Crippen LogP contribution >= 0.6 is 0 Å². The largest absolute Gasteiger partial charge is 0.416 e. The normalized spacial score (nSPS) is 12.4. The van der Waals surface area contributed by atoms with Crippen molar-refractivity contribution in [3.8, 4) is 0 Å². The van der Waals surface area contributed by atoms with Crippen LogP contribution in [0.4, 0.5) is 19.1 Å². The summed E-state index contributed by atoms with van der Waals surface area (Å²) in [7, 11) is -2.81. The molecule has 0 saturated carbocycles. The van der Waals surface area contributed by atoms with Crippen LogP contribution in [-0.4, -0.2) is 28.6 Å². The summed E-state index contributed by atoms with van der Waals surface area (Å²) in [4.78, 5) is 0.474. The van der Waals surface area contributed by atoms with E-state index in [-0.39, 0.29) is 11.5 Å². The highest BCUT2D eigenvalue weighted by atomic mass is 32.2. The van der Waals surface area contributed by atoms with E-state index >= 15 is 0 Å². The first kappa shape index (κ1) is 15.2. The summed E-state index contributed by atoms with van der Waals surface area (Å²) in [6.45, 7) is 1.25. The lowest BCUT2D eigenvalue weighted by molar-refractivity contribution is -0.138. The van der Waals surface area contributed by atoms with E-state index < -0.39 is 26.7 Å². The fourth-order valence-electron chi connectivity index (χ4n) is 1.58. The van der Waals surface area contributed by atoms with Crippen molar-refractivity contribution in [3.63, 3.8) is 0 Å². The molecular weight excluding hydrogens is 311 g/mol. The number of tetrazole rings is 1. The molecule has 2 rings (SSSR count). The Kier molecular flexibility index (Phi) is 3.61. The Labute approximate surface area is 117 Å². The van der Waals surface area contributed by atoms with E-state index in [2.05, 4.69) is 15.4 Å². The summed E-state index contributed by atoms with van der Waals surface area (Å²) in [5, 5.41) is 10.4. The predicted molar refractivity (Wildman–Crippen MR) is 65.8 cm³/mol. The van der Waals surface area contributed by atoms with E-state index in [1.807, 2.05) is 4.72 Å². The van der Waals surface area contributed by atoms with Gasteiger partial charge in [0.25, 0.3) is 16.0 Å². The lowest BCUT2D eigenvalue weighted by Gasteiger charge is -2.12. The van der Waals surface area contributed by atoms with Gasteiger partial charge in [0.1, 0.15) is 0 Å². The summed E-state index contributed by atoms with van der Waals surface area (Å²) >= 11 is 0. The van der Waals surface area contributed by atoms with Crippen LogP contribution in [0.5, 0.6) is 0 Å². The first-order valence-corrected chi connectivity index (χ1v) is 7.02. The van der Waals surface area contributed by atoms with Crippen molar-refractivity contribution in [2.24, 2.45) is 7.05 Å². The third kappa shape index (κ3) is 3.29. The van der Waals surface area contributed by atoms with Crippen molar-refractivity contribution in [2.75, 3.05) is 4.72 Å². The summed E-state index contributed by atoms with van der Waals surface area (Å²) < 4.78 is 64.3. The van der Waals surface area contributed by atoms with Gasteiger partial charge in [0, 0.05) is 0 Å². The van der Waals surface area contributed by atoms with Crippen LogP contribution in [0, 0.1) is 6.92 Å². The van der Waals surface area contributed by atoms with Crippen molar-refractivity contribution < 1.29 is 21.6 Å². The molecule has 0 radical (unpaired) electrons. The zero-order valence-electron chi connectivity index (χ0n) is 10.9. The summed E-state index contributed by atoms with van der Waals surface area (Å²) in [5.74, 6) is -0.327. The molecule has 7 nitrogen and oxygen atoms in total. The zero-order valence-corrected chi connectivity index (χ0v) is 11.7. The maximum atomic E-state index is 12.8. The maximum absolute atomic E-state index is 12.8. The number of rotatable bonds is 3. The highest BCUT2D eigenvalue weighted by Crippen LogP contribution is 2.33. The van der Waals surface area contributed by atoms with Crippen LogP contribution in [0.3, 0.4) is 0 Å². The van der Waals surface area contributed by atoms with Gasteiger partial charge in [-0.2, -0.15) is 18.0 Å². The molecule has 0 atom stereocenters. The number of anilines is 1. The van der Waals surface area contributed by atoms with Gasteiger partial charge < -0.3 is 0 Å². The molecule has 0 fully saturated rings. The molecule has 0 bridgehead atoms. The molecule has 2 aromatic rings. The highest BCUT2D eigenvalue weighted by molar-refractivity contribution is 7.92. The van der Waals surface area contributed by atoms with E-state index in [0.717, 1.165) is 16.9 Å². The van der Waals surface area contributed by atoms with Gasteiger partial charge >= 0.3 is 6.18 Å². The molecule has 11 heteroatoms. The molecule has 0 aliphatic heterocycles. The SMILES string of the molecule is Cc1ccc(S(=O)(=O)Nc2nnn(C)n2)cc1C(F)(F)F. The Balaban J connectivity index is 2.41. The summed E-state index contributed by atoms with van der Waals surface area (Å²) in [6, 6.07) is 2.72. The van der Waals surface area contributed by atoms with Crippen LogP contribution < -0.4 is 4.72 Å². The van der Waals surface area contributed by atoms with E-state index in [0.29, 0.717) is 6.07 Å². The molecule has 1 heterocycles. The first-order valence-electron chi connectivity index (χ1n) is 5.54. The minimum absolute atomic E-state index is 0.0703. The molecule has 1 aromatic carbocycles. The molecular formula is C10H10F3N5O2S. The molecule has 0 saturated heterocycles. The van der Waals surface area contributed by atoms with E-state index in [4.69, 9.17) is 0 Å². The number of halogens is 3. The predicted octanol–water partition coefficient (Wildman–Crippen LogP) is 1.34. The average Bonchev–Trinajstić information content (AvgIpc) is 2.72. The van der Waals surface area contributed by atoms with Gasteiger partial charge in [-0.1, -0.05) is 11.2 Å². The second-order valence-electron chi connectivity index (χ2n) is 4.18. The number of hydrogen-bond acceptors (Lipinski definition) is 5. The third-order valence-corrected chi connectivity index (χ3v) is 3.88. The summed E-state index contributed by atoms with van der Waals surface area (Å²) in [5.41, 5.74) is -1.09. The number of benzene rings is 1. The molecule has 21 heavy (non-hydrogen) atoms. The van der Waals surface area contributed by atoms with Crippen molar-refractivity contribution in [2.45, 2.75) is 18.0 Å². The van der Waals surface area contributed by atoms with Gasteiger partial charge in [-0.25, -0.2) is 13.1 Å². The number of alkyl halides is 3. The standard InChI is InChI=1S/C10H10F3N5O2S/c1-6-3-4-7(5-8(6)10(11,12)13)21(19,20)16-9-14-17-18(2)15-9/h3-5H,1-2H3,(H,15,16). The van der Waals surface area contributed by atoms with Gasteiger partial charge in [-0.05, 0) is 29.8 Å². The molecule has 114 valence electrons. The monoisotopic (exact) mass is 321 g/mol. The van der Waals surface area contributed by atoms with Crippen LogP contribution in [-0.2, 0) is 23.2 Å². The second kappa shape index (κ2) is 4.98. The van der Waals surface area contributed by atoms with Gasteiger partial charge in [-0.3, -0.25) is 0 Å². The van der Waals surface area contributed by atoms with Crippen molar-refractivity contribution >= 4 is 16.0 Å². The Morgan fingerprint density at radius 3 is 2.48 bits per heavy atom. The Bertz CT molecular complexity index is 769. The second-order valence-corrected chi connectivity index (χ2v) is 5.86. The maximum Gasteiger partial charge on any atom is 0.416 e. The van der Waals surface area contributed by atoms with Crippen LogP contribution in [0.2, 0.25) is 0 Å². The van der Waals surface area contributed by atoms with Gasteiger partial charge in [0.05, 0.1) is 17.5 Å². The Morgan fingerprint density at radius 2 is 1.95 bits per heavy atom. The lowest BCUT2D eigenvalue weighted by Crippen LogP contribution is -2.16.